The molecule has 1 fully saturated rings. The molecule has 3 rings (SSSR count). The Labute approximate surface area is 150 Å². The van der Waals surface area contributed by atoms with Gasteiger partial charge in [0.05, 0.1) is 12.2 Å². The Bertz CT molecular complexity index is 614. The van der Waals surface area contributed by atoms with Crippen molar-refractivity contribution in [2.45, 2.75) is 51.1 Å². The van der Waals surface area contributed by atoms with Gasteiger partial charge in [-0.05, 0) is 29.9 Å². The molecule has 1 heterocycles. The summed E-state index contributed by atoms with van der Waals surface area (Å²) in [4.78, 5) is 0. The highest BCUT2D eigenvalue weighted by molar-refractivity contribution is 5.21. The molecule has 3 nitrogen and oxygen atoms in total. The van der Waals surface area contributed by atoms with E-state index < -0.39 is 6.10 Å². The minimum atomic E-state index is -0.476. The fourth-order valence-corrected chi connectivity index (χ4v) is 3.48. The van der Waals surface area contributed by atoms with E-state index in [4.69, 9.17) is 9.47 Å². The number of hydrogen-bond acceptors (Lipinski definition) is 3. The molecule has 0 amide bonds. The molecule has 2 aromatic rings. The lowest BCUT2D eigenvalue weighted by Gasteiger charge is -2.21. The second-order valence-electron chi connectivity index (χ2n) is 6.78. The minimum Gasteiger partial charge on any atom is -0.388 e. The van der Waals surface area contributed by atoms with Crippen molar-refractivity contribution >= 4 is 0 Å². The van der Waals surface area contributed by atoms with E-state index in [1.54, 1.807) is 0 Å². The molecule has 1 aliphatic heterocycles. The largest absolute Gasteiger partial charge is 0.388 e. The summed E-state index contributed by atoms with van der Waals surface area (Å²) < 4.78 is 12.1. The first-order chi connectivity index (χ1) is 12.3. The molecule has 0 aromatic heterocycles. The number of unbranched alkanes of at least 4 members (excludes halogenated alkanes) is 1. The summed E-state index contributed by atoms with van der Waals surface area (Å²) in [5, 5.41) is 10.6. The maximum absolute atomic E-state index is 10.6. The number of benzene rings is 2. The van der Waals surface area contributed by atoms with Crippen molar-refractivity contribution in [2.75, 3.05) is 6.61 Å². The predicted octanol–water partition coefficient (Wildman–Crippen LogP) is 5.03. The van der Waals surface area contributed by atoms with Crippen LogP contribution in [0.1, 0.15) is 55.9 Å². The van der Waals surface area contributed by atoms with Crippen LogP contribution in [0.2, 0.25) is 0 Å². The van der Waals surface area contributed by atoms with Crippen LogP contribution >= 0.6 is 0 Å². The Balaban J connectivity index is 1.69. The van der Waals surface area contributed by atoms with Crippen LogP contribution < -0.4 is 0 Å². The van der Waals surface area contributed by atoms with Gasteiger partial charge in [-0.2, -0.15) is 0 Å². The highest BCUT2D eigenvalue weighted by atomic mass is 16.7. The topological polar surface area (TPSA) is 38.7 Å². The van der Waals surface area contributed by atoms with Gasteiger partial charge in [0.15, 0.2) is 6.29 Å². The van der Waals surface area contributed by atoms with Gasteiger partial charge in [-0.15, -0.1) is 0 Å². The van der Waals surface area contributed by atoms with Crippen molar-refractivity contribution in [1.82, 2.24) is 0 Å². The lowest BCUT2D eigenvalue weighted by atomic mass is 9.88. The second kappa shape index (κ2) is 9.14. The molecule has 2 unspecified atom stereocenters. The summed E-state index contributed by atoms with van der Waals surface area (Å²) in [6, 6.07) is 20.1. The van der Waals surface area contributed by atoms with Gasteiger partial charge in [0, 0.05) is 13.0 Å². The summed E-state index contributed by atoms with van der Waals surface area (Å²) >= 11 is 0. The summed E-state index contributed by atoms with van der Waals surface area (Å²) in [7, 11) is 0. The molecule has 134 valence electrons. The second-order valence-corrected chi connectivity index (χ2v) is 6.78. The number of aliphatic hydroxyl groups is 1. The normalized spacial score (nSPS) is 24.3. The van der Waals surface area contributed by atoms with Gasteiger partial charge in [0.25, 0.3) is 0 Å². The molecule has 25 heavy (non-hydrogen) atoms. The van der Waals surface area contributed by atoms with E-state index in [1.165, 1.54) is 0 Å². The Morgan fingerprint density at radius 2 is 1.76 bits per heavy atom. The molecule has 0 saturated carbocycles. The highest BCUT2D eigenvalue weighted by Gasteiger charge is 2.37. The third-order valence-corrected chi connectivity index (χ3v) is 4.86. The van der Waals surface area contributed by atoms with Gasteiger partial charge in [0.1, 0.15) is 0 Å². The molecule has 0 radical (unpaired) electrons. The Kier molecular flexibility index (Phi) is 6.62. The Hall–Kier alpha value is -1.68. The first-order valence-electron chi connectivity index (χ1n) is 9.33. The molecule has 1 aliphatic rings. The highest BCUT2D eigenvalue weighted by Crippen LogP contribution is 2.43. The van der Waals surface area contributed by atoms with Crippen LogP contribution in [0.3, 0.4) is 0 Å². The van der Waals surface area contributed by atoms with Crippen LogP contribution in [-0.2, 0) is 9.47 Å². The third kappa shape index (κ3) is 4.91. The fraction of sp³-hybridized carbons (Fsp3) is 0.455. The van der Waals surface area contributed by atoms with E-state index in [-0.39, 0.29) is 18.3 Å². The van der Waals surface area contributed by atoms with Crippen molar-refractivity contribution in [3.05, 3.63) is 71.8 Å². The van der Waals surface area contributed by atoms with Crippen LogP contribution in [0.5, 0.6) is 0 Å². The van der Waals surface area contributed by atoms with Crippen LogP contribution in [0.25, 0.3) is 0 Å². The zero-order valence-corrected chi connectivity index (χ0v) is 14.9. The van der Waals surface area contributed by atoms with Crippen molar-refractivity contribution < 1.29 is 14.6 Å². The smallest absolute Gasteiger partial charge is 0.158 e. The molecule has 1 N–H and O–H groups in total. The SMILES string of the molecule is CCCCOC1C[C@@H](CC(O)c2ccccc2)[C@H](c2ccccc2)O1. The quantitative estimate of drug-likeness (QED) is 0.685. The molecule has 2 aromatic carbocycles. The summed E-state index contributed by atoms with van der Waals surface area (Å²) in [6.07, 6.45) is 2.99. The van der Waals surface area contributed by atoms with Crippen molar-refractivity contribution in [3.8, 4) is 0 Å². The van der Waals surface area contributed by atoms with Gasteiger partial charge < -0.3 is 14.6 Å². The molecule has 0 spiro atoms. The average molecular weight is 340 g/mol. The Morgan fingerprint density at radius 3 is 2.44 bits per heavy atom. The summed E-state index contributed by atoms with van der Waals surface area (Å²) in [5.74, 6) is 0.240. The van der Waals surface area contributed by atoms with E-state index in [9.17, 15) is 5.11 Å². The molecule has 4 atom stereocenters. The molecular weight excluding hydrogens is 312 g/mol. The van der Waals surface area contributed by atoms with Gasteiger partial charge in [-0.3, -0.25) is 0 Å². The number of ether oxygens (including phenoxy) is 2. The van der Waals surface area contributed by atoms with E-state index in [1.807, 2.05) is 48.5 Å². The van der Waals surface area contributed by atoms with Gasteiger partial charge in [-0.25, -0.2) is 0 Å². The van der Waals surface area contributed by atoms with E-state index >= 15 is 0 Å². The number of rotatable bonds is 8. The molecule has 0 aliphatic carbocycles. The molecule has 1 saturated heterocycles. The first-order valence-corrected chi connectivity index (χ1v) is 9.33. The first kappa shape index (κ1) is 18.1. The van der Waals surface area contributed by atoms with Crippen molar-refractivity contribution in [1.29, 1.82) is 0 Å². The van der Waals surface area contributed by atoms with Gasteiger partial charge in [-0.1, -0.05) is 74.0 Å². The van der Waals surface area contributed by atoms with Gasteiger partial charge >= 0.3 is 0 Å². The molecular formula is C22H28O3. The standard InChI is InChI=1S/C22H28O3/c1-2-3-14-24-21-16-19(15-20(23)17-10-6-4-7-11-17)22(25-21)18-12-8-5-9-13-18/h4-13,19-23H,2-3,14-16H2,1H3/t19-,20?,21?,22+/m1/s1. The molecule has 0 bridgehead atoms. The van der Waals surface area contributed by atoms with Crippen LogP contribution in [0, 0.1) is 5.92 Å². The van der Waals surface area contributed by atoms with E-state index in [0.717, 1.165) is 37.0 Å². The number of hydrogen-bond donors (Lipinski definition) is 1. The van der Waals surface area contributed by atoms with Crippen LogP contribution in [-0.4, -0.2) is 18.0 Å². The zero-order valence-electron chi connectivity index (χ0n) is 14.9. The summed E-state index contributed by atoms with van der Waals surface area (Å²) in [6.45, 7) is 2.89. The van der Waals surface area contributed by atoms with E-state index in [2.05, 4.69) is 19.1 Å². The predicted molar refractivity (Wildman–Crippen MR) is 99.0 cm³/mol. The monoisotopic (exact) mass is 340 g/mol. The van der Waals surface area contributed by atoms with Crippen molar-refractivity contribution in [2.24, 2.45) is 5.92 Å². The van der Waals surface area contributed by atoms with Crippen LogP contribution in [0.15, 0.2) is 60.7 Å². The van der Waals surface area contributed by atoms with E-state index in [0.29, 0.717) is 6.42 Å². The zero-order chi connectivity index (χ0) is 17.5. The van der Waals surface area contributed by atoms with Gasteiger partial charge in [0.2, 0.25) is 0 Å². The minimum absolute atomic E-state index is 0.0220. The fourth-order valence-electron chi connectivity index (χ4n) is 3.48. The average Bonchev–Trinajstić information content (AvgIpc) is 3.06. The lowest BCUT2D eigenvalue weighted by Crippen LogP contribution is -2.12. The Morgan fingerprint density at radius 1 is 1.08 bits per heavy atom. The maximum Gasteiger partial charge on any atom is 0.158 e. The third-order valence-electron chi connectivity index (χ3n) is 4.86. The molecule has 3 heteroatoms. The maximum atomic E-state index is 10.6. The number of aliphatic hydroxyl groups excluding tert-OH is 1. The van der Waals surface area contributed by atoms with Crippen LogP contribution in [0.4, 0.5) is 0 Å². The van der Waals surface area contributed by atoms with Crippen molar-refractivity contribution in [3.63, 3.8) is 0 Å². The lowest BCUT2D eigenvalue weighted by molar-refractivity contribution is -0.136. The summed E-state index contributed by atoms with van der Waals surface area (Å²) in [5.41, 5.74) is 2.12.